The lowest BCUT2D eigenvalue weighted by molar-refractivity contribution is 0.0943. The smallest absolute Gasteiger partial charge is 0.252 e. The molecule has 0 fully saturated rings. The van der Waals surface area contributed by atoms with Gasteiger partial charge in [-0.25, -0.2) is 0 Å². The Morgan fingerprint density at radius 2 is 1.93 bits per heavy atom. The van der Waals surface area contributed by atoms with Gasteiger partial charge in [0.2, 0.25) is 0 Å². The summed E-state index contributed by atoms with van der Waals surface area (Å²) in [5.74, 6) is -0.233. The molecule has 0 spiro atoms. The SMILES string of the molecule is Cn1ccc(C(=O)N[C@H](c2ccc3c(c2)CCCC3)c2cccs2)cc1=O. The van der Waals surface area contributed by atoms with Crippen LogP contribution in [0.3, 0.4) is 0 Å². The van der Waals surface area contributed by atoms with E-state index in [-0.39, 0.29) is 17.5 Å². The van der Waals surface area contributed by atoms with Crippen molar-refractivity contribution in [3.63, 3.8) is 0 Å². The highest BCUT2D eigenvalue weighted by Crippen LogP contribution is 2.30. The molecule has 1 aliphatic carbocycles. The van der Waals surface area contributed by atoms with Gasteiger partial charge in [-0.05, 0) is 59.9 Å². The lowest BCUT2D eigenvalue weighted by atomic mass is 9.89. The molecule has 0 saturated carbocycles. The Hall–Kier alpha value is -2.66. The van der Waals surface area contributed by atoms with Crippen molar-refractivity contribution in [2.24, 2.45) is 7.05 Å². The van der Waals surface area contributed by atoms with Crippen molar-refractivity contribution in [2.45, 2.75) is 31.7 Å². The van der Waals surface area contributed by atoms with E-state index in [9.17, 15) is 9.59 Å². The minimum absolute atomic E-state index is 0.191. The molecule has 1 N–H and O–H groups in total. The van der Waals surface area contributed by atoms with Gasteiger partial charge in [-0.3, -0.25) is 9.59 Å². The monoisotopic (exact) mass is 378 g/mol. The fourth-order valence-electron chi connectivity index (χ4n) is 3.61. The fraction of sp³-hybridized carbons (Fsp3) is 0.273. The zero-order valence-electron chi connectivity index (χ0n) is 15.3. The first kappa shape index (κ1) is 17.7. The molecule has 5 heteroatoms. The van der Waals surface area contributed by atoms with E-state index >= 15 is 0 Å². The van der Waals surface area contributed by atoms with Gasteiger partial charge in [-0.2, -0.15) is 0 Å². The molecule has 1 atom stereocenters. The summed E-state index contributed by atoms with van der Waals surface area (Å²) in [6.45, 7) is 0. The van der Waals surface area contributed by atoms with E-state index < -0.39 is 0 Å². The molecule has 0 saturated heterocycles. The number of amides is 1. The van der Waals surface area contributed by atoms with Crippen molar-refractivity contribution in [2.75, 3.05) is 0 Å². The molecule has 2 aromatic heterocycles. The predicted octanol–water partition coefficient (Wildman–Crippen LogP) is 3.85. The van der Waals surface area contributed by atoms with Crippen LogP contribution in [0, 0.1) is 0 Å². The number of nitrogens with one attached hydrogen (secondary N) is 1. The number of aryl methyl sites for hydroxylation is 3. The lowest BCUT2D eigenvalue weighted by Crippen LogP contribution is -2.30. The number of carbonyl (C=O) groups is 1. The maximum atomic E-state index is 12.8. The summed E-state index contributed by atoms with van der Waals surface area (Å²) < 4.78 is 1.46. The van der Waals surface area contributed by atoms with Gasteiger partial charge in [0.15, 0.2) is 0 Å². The largest absolute Gasteiger partial charge is 0.340 e. The molecule has 4 rings (SSSR count). The first-order valence-electron chi connectivity index (χ1n) is 9.24. The molecule has 4 nitrogen and oxygen atoms in total. The van der Waals surface area contributed by atoms with Crippen LogP contribution in [-0.2, 0) is 19.9 Å². The fourth-order valence-corrected chi connectivity index (χ4v) is 4.41. The van der Waals surface area contributed by atoms with Crippen molar-refractivity contribution in [1.29, 1.82) is 0 Å². The van der Waals surface area contributed by atoms with Crippen LogP contribution in [0.1, 0.15) is 50.8 Å². The van der Waals surface area contributed by atoms with Crippen molar-refractivity contribution in [1.82, 2.24) is 9.88 Å². The minimum atomic E-state index is -0.233. The molecule has 1 amide bonds. The third-order valence-corrected chi connectivity index (χ3v) is 6.11. The van der Waals surface area contributed by atoms with Crippen LogP contribution in [-0.4, -0.2) is 10.5 Å². The average Bonchev–Trinajstić information content (AvgIpc) is 3.22. The molecular weight excluding hydrogens is 356 g/mol. The summed E-state index contributed by atoms with van der Waals surface area (Å²) in [5.41, 5.74) is 4.10. The molecule has 0 aliphatic heterocycles. The first-order valence-corrected chi connectivity index (χ1v) is 10.1. The second-order valence-electron chi connectivity index (χ2n) is 7.02. The van der Waals surface area contributed by atoms with Crippen molar-refractivity contribution in [3.8, 4) is 0 Å². The van der Waals surface area contributed by atoms with E-state index in [1.807, 2.05) is 17.5 Å². The van der Waals surface area contributed by atoms with Crippen molar-refractivity contribution >= 4 is 17.2 Å². The normalized spacial score (nSPS) is 14.4. The van der Waals surface area contributed by atoms with Gasteiger partial charge >= 0.3 is 0 Å². The molecule has 27 heavy (non-hydrogen) atoms. The lowest BCUT2D eigenvalue weighted by Gasteiger charge is -2.22. The Bertz CT molecular complexity index is 1020. The summed E-state index contributed by atoms with van der Waals surface area (Å²) >= 11 is 1.63. The molecule has 0 bridgehead atoms. The van der Waals surface area contributed by atoms with E-state index in [0.29, 0.717) is 5.56 Å². The average molecular weight is 378 g/mol. The molecule has 138 valence electrons. The second-order valence-corrected chi connectivity index (χ2v) is 8.00. The van der Waals surface area contributed by atoms with Crippen LogP contribution >= 0.6 is 11.3 Å². The van der Waals surface area contributed by atoms with Gasteiger partial charge in [0.05, 0.1) is 6.04 Å². The number of hydrogen-bond acceptors (Lipinski definition) is 3. The number of nitrogens with zero attached hydrogens (tertiary/aromatic N) is 1. The maximum absolute atomic E-state index is 12.8. The van der Waals surface area contributed by atoms with E-state index in [0.717, 1.165) is 23.3 Å². The van der Waals surface area contributed by atoms with E-state index in [2.05, 4.69) is 23.5 Å². The van der Waals surface area contributed by atoms with Crippen LogP contribution in [0.4, 0.5) is 0 Å². The Labute approximate surface area is 162 Å². The molecule has 3 aromatic rings. The molecular formula is C22H22N2O2S. The van der Waals surface area contributed by atoms with E-state index in [1.54, 1.807) is 30.6 Å². The molecule has 1 aromatic carbocycles. The Balaban J connectivity index is 1.67. The quantitative estimate of drug-likeness (QED) is 0.750. The Kier molecular flexibility index (Phi) is 4.94. The standard InChI is InChI=1S/C22H22N2O2S/c1-24-11-10-18(14-20(24)25)22(26)23-21(19-7-4-12-27-19)17-9-8-15-5-2-3-6-16(15)13-17/h4,7-14,21H,2-3,5-6H2,1H3,(H,23,26)/t21-/m1/s1. The highest BCUT2D eigenvalue weighted by molar-refractivity contribution is 7.10. The number of benzene rings is 1. The molecule has 1 aliphatic rings. The Morgan fingerprint density at radius 1 is 1.11 bits per heavy atom. The number of aromatic nitrogens is 1. The minimum Gasteiger partial charge on any atom is -0.340 e. The highest BCUT2D eigenvalue weighted by Gasteiger charge is 2.21. The van der Waals surface area contributed by atoms with Gasteiger partial charge in [0, 0.05) is 29.8 Å². The Morgan fingerprint density at radius 3 is 2.67 bits per heavy atom. The van der Waals surface area contributed by atoms with Gasteiger partial charge in [-0.1, -0.05) is 24.3 Å². The van der Waals surface area contributed by atoms with E-state index in [1.165, 1.54) is 34.6 Å². The molecule has 0 radical (unpaired) electrons. The van der Waals surface area contributed by atoms with Crippen LogP contribution in [0.5, 0.6) is 0 Å². The van der Waals surface area contributed by atoms with Gasteiger partial charge in [-0.15, -0.1) is 11.3 Å². The third kappa shape index (κ3) is 3.74. The number of pyridine rings is 1. The first-order chi connectivity index (χ1) is 13.1. The summed E-state index contributed by atoms with van der Waals surface area (Å²) in [6, 6.07) is 13.4. The van der Waals surface area contributed by atoms with Crippen LogP contribution in [0.25, 0.3) is 0 Å². The topological polar surface area (TPSA) is 51.1 Å². The van der Waals surface area contributed by atoms with Crippen molar-refractivity contribution in [3.05, 3.63) is 91.5 Å². The van der Waals surface area contributed by atoms with Crippen LogP contribution < -0.4 is 10.9 Å². The number of fused-ring (bicyclic) bond motifs is 1. The predicted molar refractivity (Wildman–Crippen MR) is 108 cm³/mol. The number of carbonyl (C=O) groups excluding carboxylic acids is 1. The van der Waals surface area contributed by atoms with Gasteiger partial charge in [0.25, 0.3) is 11.5 Å². The zero-order valence-corrected chi connectivity index (χ0v) is 16.1. The van der Waals surface area contributed by atoms with Crippen LogP contribution in [0.15, 0.2) is 58.8 Å². The van der Waals surface area contributed by atoms with Gasteiger partial charge in [0.1, 0.15) is 0 Å². The third-order valence-electron chi connectivity index (χ3n) is 5.18. The number of hydrogen-bond donors (Lipinski definition) is 1. The summed E-state index contributed by atoms with van der Waals surface area (Å²) in [6.07, 6.45) is 6.33. The molecule has 2 heterocycles. The maximum Gasteiger partial charge on any atom is 0.252 e. The molecule has 0 unspecified atom stereocenters. The van der Waals surface area contributed by atoms with Gasteiger partial charge < -0.3 is 9.88 Å². The number of thiophene rings is 1. The summed E-state index contributed by atoms with van der Waals surface area (Å²) in [5, 5.41) is 5.15. The second kappa shape index (κ2) is 7.53. The summed E-state index contributed by atoms with van der Waals surface area (Å²) in [4.78, 5) is 25.8. The number of rotatable bonds is 4. The van der Waals surface area contributed by atoms with Crippen molar-refractivity contribution < 1.29 is 4.79 Å². The highest BCUT2D eigenvalue weighted by atomic mass is 32.1. The summed E-state index contributed by atoms with van der Waals surface area (Å²) in [7, 11) is 1.67. The van der Waals surface area contributed by atoms with E-state index in [4.69, 9.17) is 0 Å². The zero-order chi connectivity index (χ0) is 18.8. The van der Waals surface area contributed by atoms with Crippen LogP contribution in [0.2, 0.25) is 0 Å².